The maximum Gasteiger partial charge on any atom is 0.0621 e. The van der Waals surface area contributed by atoms with Crippen molar-refractivity contribution in [2.45, 2.75) is 38.9 Å². The van der Waals surface area contributed by atoms with E-state index in [1.54, 1.807) is 0 Å². The molecule has 2 N–H and O–H groups in total. The first-order valence-electron chi connectivity index (χ1n) is 10.2. The van der Waals surface area contributed by atoms with Crippen LogP contribution in [0.1, 0.15) is 26.7 Å². The number of fused-ring (bicyclic) bond motifs is 2. The molecule has 0 amide bonds. The predicted molar refractivity (Wildman–Crippen MR) is 113 cm³/mol. The summed E-state index contributed by atoms with van der Waals surface area (Å²) in [5.74, 6) is 1.54. The molecule has 2 aliphatic carbocycles. The number of aromatic nitrogens is 1. The van der Waals surface area contributed by atoms with Crippen LogP contribution in [0.15, 0.2) is 60.8 Å². The van der Waals surface area contributed by atoms with Crippen LogP contribution in [0.3, 0.4) is 0 Å². The van der Waals surface area contributed by atoms with E-state index in [0.717, 1.165) is 24.1 Å². The Morgan fingerprint density at radius 1 is 0.897 bits per heavy atom. The van der Waals surface area contributed by atoms with Gasteiger partial charge in [0, 0.05) is 32.2 Å². The van der Waals surface area contributed by atoms with Crippen LogP contribution in [0.4, 0.5) is 0 Å². The molecule has 5 rings (SSSR count). The Balaban J connectivity index is 0.000000167. The number of benzene rings is 2. The van der Waals surface area contributed by atoms with E-state index < -0.39 is 0 Å². The zero-order chi connectivity index (χ0) is 19.7. The minimum absolute atomic E-state index is 0. The smallest absolute Gasteiger partial charge is 0.0621 e. The van der Waals surface area contributed by atoms with Crippen LogP contribution in [0.5, 0.6) is 0 Å². The van der Waals surface area contributed by atoms with Gasteiger partial charge in [-0.25, -0.2) is 0 Å². The molecule has 2 saturated carbocycles. The standard InChI is InChI=1S/C15H10N.C10H18O2.Ir/c1-2-6-12(7-3-1)15-10-13-8-4-5-9-14(13)11-16-15;1-5-3-7-4-6(2)10(12)8(7)9(5)11;/h1-6,8-11H;5-12H,3-4H2,1-2H3;/q-1;;/t;5-,6-,7?,8?,9?,10?;/m.0./s1. The molecule has 1 radical (unpaired) electrons. The van der Waals surface area contributed by atoms with Gasteiger partial charge in [0.05, 0.1) is 12.2 Å². The first-order valence-corrected chi connectivity index (χ1v) is 10.2. The average molecular weight is 567 g/mol. The number of aliphatic hydroxyl groups is 2. The van der Waals surface area contributed by atoms with Crippen LogP contribution in [-0.4, -0.2) is 27.4 Å². The van der Waals surface area contributed by atoms with Gasteiger partial charge in [-0.1, -0.05) is 44.2 Å². The zero-order valence-corrected chi connectivity index (χ0v) is 19.2. The summed E-state index contributed by atoms with van der Waals surface area (Å²) in [4.78, 5) is 4.45. The first kappa shape index (κ1) is 22.1. The molecule has 2 aromatic carbocycles. The maximum atomic E-state index is 9.80. The van der Waals surface area contributed by atoms with Gasteiger partial charge in [0.25, 0.3) is 0 Å². The minimum atomic E-state index is -0.255. The van der Waals surface area contributed by atoms with Gasteiger partial charge in [-0.3, -0.25) is 0 Å². The zero-order valence-electron chi connectivity index (χ0n) is 16.8. The molecule has 0 bridgehead atoms. The molecule has 2 fully saturated rings. The molecular formula is C25H28IrNO2-. The largest absolute Gasteiger partial charge is 0.392 e. The van der Waals surface area contributed by atoms with Crippen molar-refractivity contribution in [3.05, 3.63) is 66.9 Å². The fourth-order valence-electron chi connectivity index (χ4n) is 4.95. The molecule has 0 saturated heterocycles. The van der Waals surface area contributed by atoms with Crippen molar-refractivity contribution in [1.29, 1.82) is 0 Å². The number of rotatable bonds is 1. The SMILES string of the molecule is C[C@H]1CC2C[C@H](C)C(O)C2C1O.[Ir].[c-]1ccccc1-c1cc2ccccc2cn1. The second-order valence-electron chi connectivity index (χ2n) is 8.44. The van der Waals surface area contributed by atoms with Gasteiger partial charge < -0.3 is 15.2 Å². The fourth-order valence-corrected chi connectivity index (χ4v) is 4.95. The molecule has 0 aliphatic heterocycles. The summed E-state index contributed by atoms with van der Waals surface area (Å²) in [5.41, 5.74) is 2.01. The van der Waals surface area contributed by atoms with E-state index in [4.69, 9.17) is 0 Å². The van der Waals surface area contributed by atoms with E-state index in [-0.39, 0.29) is 38.2 Å². The van der Waals surface area contributed by atoms with Gasteiger partial charge >= 0.3 is 0 Å². The number of pyridine rings is 1. The fraction of sp³-hybridized carbons (Fsp3) is 0.400. The van der Waals surface area contributed by atoms with E-state index in [2.05, 4.69) is 43.1 Å². The number of hydrogen-bond acceptors (Lipinski definition) is 3. The summed E-state index contributed by atoms with van der Waals surface area (Å²) in [5, 5.41) is 22.0. The Hall–Kier alpha value is -1.58. The topological polar surface area (TPSA) is 53.4 Å². The first-order chi connectivity index (χ1) is 13.5. The van der Waals surface area contributed by atoms with Crippen molar-refractivity contribution in [3.63, 3.8) is 0 Å². The van der Waals surface area contributed by atoms with Crippen LogP contribution in [0.2, 0.25) is 0 Å². The summed E-state index contributed by atoms with van der Waals surface area (Å²) in [6, 6.07) is 21.4. The quantitative estimate of drug-likeness (QED) is 0.420. The molecule has 4 atom stereocenters. The van der Waals surface area contributed by atoms with Gasteiger partial charge in [-0.15, -0.1) is 35.9 Å². The van der Waals surface area contributed by atoms with Gasteiger partial charge in [0.2, 0.25) is 0 Å². The van der Waals surface area contributed by atoms with Gasteiger partial charge in [0.15, 0.2) is 0 Å². The Kier molecular flexibility index (Phi) is 7.23. The van der Waals surface area contributed by atoms with E-state index in [0.29, 0.717) is 17.8 Å². The average Bonchev–Trinajstić information content (AvgIpc) is 3.16. The number of aliphatic hydroxyl groups excluding tert-OH is 2. The van der Waals surface area contributed by atoms with Crippen molar-refractivity contribution in [2.24, 2.45) is 23.7 Å². The number of hydrogen-bond donors (Lipinski definition) is 2. The normalized spacial score (nSPS) is 30.2. The van der Waals surface area contributed by atoms with Gasteiger partial charge in [0.1, 0.15) is 0 Å². The van der Waals surface area contributed by atoms with E-state index in [1.807, 2.05) is 42.6 Å². The van der Waals surface area contributed by atoms with Crippen LogP contribution < -0.4 is 0 Å². The maximum absolute atomic E-state index is 9.80. The summed E-state index contributed by atoms with van der Waals surface area (Å²) in [6.07, 6.45) is 3.61. The third-order valence-corrected chi connectivity index (χ3v) is 6.46. The van der Waals surface area contributed by atoms with Crippen molar-refractivity contribution in [1.82, 2.24) is 4.98 Å². The second kappa shape index (κ2) is 9.49. The Morgan fingerprint density at radius 3 is 2.10 bits per heavy atom. The minimum Gasteiger partial charge on any atom is -0.392 e. The third-order valence-electron chi connectivity index (χ3n) is 6.46. The molecule has 4 heteroatoms. The van der Waals surface area contributed by atoms with E-state index in [9.17, 15) is 10.2 Å². The molecule has 29 heavy (non-hydrogen) atoms. The molecular weight excluding hydrogens is 538 g/mol. The van der Waals surface area contributed by atoms with Crippen molar-refractivity contribution in [3.8, 4) is 11.3 Å². The van der Waals surface area contributed by atoms with E-state index in [1.165, 1.54) is 10.8 Å². The van der Waals surface area contributed by atoms with Crippen molar-refractivity contribution < 1.29 is 30.3 Å². The van der Waals surface area contributed by atoms with Crippen LogP contribution in [-0.2, 0) is 20.1 Å². The molecule has 2 unspecified atom stereocenters. The third kappa shape index (κ3) is 4.62. The Morgan fingerprint density at radius 2 is 1.52 bits per heavy atom. The summed E-state index contributed by atoms with van der Waals surface area (Å²) >= 11 is 0. The Bertz CT molecular complexity index is 914. The molecule has 1 aromatic heterocycles. The molecule has 3 aromatic rings. The predicted octanol–water partition coefficient (Wildman–Crippen LogP) is 4.72. The monoisotopic (exact) mass is 567 g/mol. The molecule has 155 valence electrons. The van der Waals surface area contributed by atoms with Crippen LogP contribution in [0.25, 0.3) is 22.0 Å². The van der Waals surface area contributed by atoms with Crippen molar-refractivity contribution >= 4 is 10.8 Å². The summed E-state index contributed by atoms with van der Waals surface area (Å²) < 4.78 is 0. The van der Waals surface area contributed by atoms with Crippen LogP contribution in [0, 0.1) is 29.7 Å². The van der Waals surface area contributed by atoms with Gasteiger partial charge in [-0.2, -0.15) is 0 Å². The second-order valence-corrected chi connectivity index (χ2v) is 8.44. The van der Waals surface area contributed by atoms with E-state index >= 15 is 0 Å². The van der Waals surface area contributed by atoms with Gasteiger partial charge in [-0.05, 0) is 47.1 Å². The molecule has 3 nitrogen and oxygen atoms in total. The summed E-state index contributed by atoms with van der Waals surface area (Å²) in [7, 11) is 0. The Labute approximate surface area is 186 Å². The summed E-state index contributed by atoms with van der Waals surface area (Å²) in [6.45, 7) is 4.17. The molecule has 0 spiro atoms. The van der Waals surface area contributed by atoms with Crippen molar-refractivity contribution in [2.75, 3.05) is 0 Å². The number of nitrogens with zero attached hydrogens (tertiary/aromatic N) is 1. The molecule has 1 heterocycles. The molecule has 2 aliphatic rings. The van der Waals surface area contributed by atoms with Crippen LogP contribution >= 0.6 is 0 Å².